The molecule has 0 amide bonds. The number of esters is 1. The normalized spacial score (nSPS) is 13.8. The summed E-state index contributed by atoms with van der Waals surface area (Å²) in [5, 5.41) is 0. The second kappa shape index (κ2) is 10.1. The average Bonchev–Trinajstić information content (AvgIpc) is 2.62. The van der Waals surface area contributed by atoms with Gasteiger partial charge in [-0.3, -0.25) is 9.00 Å². The molecule has 2 aromatic rings. The molecule has 2 atom stereocenters. The lowest BCUT2D eigenvalue weighted by Gasteiger charge is -2.19. The second-order valence-corrected chi connectivity index (χ2v) is 9.86. The minimum atomic E-state index is -3.60. The molecule has 0 aliphatic carbocycles. The Bertz CT molecular complexity index is 971. The van der Waals surface area contributed by atoms with E-state index in [-0.39, 0.29) is 17.2 Å². The Morgan fingerprint density at radius 2 is 1.76 bits per heavy atom. The Balaban J connectivity index is 2.30. The van der Waals surface area contributed by atoms with Crippen molar-refractivity contribution in [2.24, 2.45) is 5.92 Å². The van der Waals surface area contributed by atoms with Crippen molar-refractivity contribution < 1.29 is 26.7 Å². The van der Waals surface area contributed by atoms with E-state index in [9.17, 15) is 22.0 Å². The average molecular weight is 439 g/mol. The minimum Gasteiger partial charge on any atom is -0.760 e. The molecule has 0 radical (unpaired) electrons. The second-order valence-electron chi connectivity index (χ2n) is 7.12. The van der Waals surface area contributed by atoms with Crippen molar-refractivity contribution in [2.45, 2.75) is 31.1 Å². The van der Waals surface area contributed by atoms with Gasteiger partial charge in [-0.05, 0) is 35.6 Å². The molecule has 158 valence electrons. The highest BCUT2D eigenvalue weighted by Crippen LogP contribution is 2.26. The molecular formula is C20H24NO6S2-. The van der Waals surface area contributed by atoms with Crippen molar-refractivity contribution in [1.29, 1.82) is 0 Å². The molecule has 0 saturated carbocycles. The van der Waals surface area contributed by atoms with Gasteiger partial charge in [-0.15, -0.1) is 0 Å². The monoisotopic (exact) mass is 438 g/mol. The SMILES string of the molecule is CC(C)Cc1ccc(C(CNS(=O)[O-])C(=O)Oc2ccccc2S(C)(=O)=O)cc1. The van der Waals surface area contributed by atoms with Crippen LogP contribution in [-0.2, 0) is 32.3 Å². The van der Waals surface area contributed by atoms with E-state index in [1.165, 1.54) is 18.2 Å². The lowest BCUT2D eigenvalue weighted by atomic mass is 9.95. The van der Waals surface area contributed by atoms with Gasteiger partial charge in [0.05, 0.1) is 5.92 Å². The van der Waals surface area contributed by atoms with Gasteiger partial charge in [0.1, 0.15) is 10.6 Å². The van der Waals surface area contributed by atoms with E-state index in [1.54, 1.807) is 18.2 Å². The van der Waals surface area contributed by atoms with Crippen molar-refractivity contribution in [3.8, 4) is 5.75 Å². The van der Waals surface area contributed by atoms with Gasteiger partial charge in [-0.1, -0.05) is 50.2 Å². The third kappa shape index (κ3) is 7.04. The molecule has 9 heteroatoms. The number of hydrogen-bond acceptors (Lipinski definition) is 6. The van der Waals surface area contributed by atoms with Crippen molar-refractivity contribution in [3.05, 3.63) is 59.7 Å². The molecule has 0 spiro atoms. The van der Waals surface area contributed by atoms with Gasteiger partial charge < -0.3 is 9.29 Å². The molecule has 0 bridgehead atoms. The standard InChI is InChI=1S/C20H25NO6S2/c1-14(2)12-15-8-10-16(11-9-15)17(13-21-28(23)24)20(22)27-18-6-4-5-7-19(18)29(3,25)26/h4-11,14,17,21H,12-13H2,1-3H3,(H,23,24)/p-1. The first kappa shape index (κ1) is 23.2. The molecule has 0 aromatic heterocycles. The van der Waals surface area contributed by atoms with Crippen LogP contribution in [0.2, 0.25) is 0 Å². The molecule has 0 fully saturated rings. The third-order valence-corrected chi connectivity index (χ3v) is 5.71. The van der Waals surface area contributed by atoms with Crippen LogP contribution in [0.3, 0.4) is 0 Å². The van der Waals surface area contributed by atoms with Crippen molar-refractivity contribution in [3.63, 3.8) is 0 Å². The first-order valence-corrected chi connectivity index (χ1v) is 12.0. The fourth-order valence-corrected chi connectivity index (χ4v) is 3.97. The van der Waals surface area contributed by atoms with Crippen LogP contribution in [0.1, 0.15) is 30.9 Å². The lowest BCUT2D eigenvalue weighted by Crippen LogP contribution is -2.31. The predicted molar refractivity (Wildman–Crippen MR) is 110 cm³/mol. The molecule has 7 nitrogen and oxygen atoms in total. The highest BCUT2D eigenvalue weighted by Gasteiger charge is 2.25. The first-order chi connectivity index (χ1) is 13.6. The minimum absolute atomic E-state index is 0.0929. The number of carbonyl (C=O) groups is 1. The maximum Gasteiger partial charge on any atom is 0.320 e. The van der Waals surface area contributed by atoms with Crippen LogP contribution in [0.25, 0.3) is 0 Å². The summed E-state index contributed by atoms with van der Waals surface area (Å²) in [4.78, 5) is 12.7. The number of sulfone groups is 1. The zero-order valence-corrected chi connectivity index (χ0v) is 18.1. The third-order valence-electron chi connectivity index (χ3n) is 4.18. The van der Waals surface area contributed by atoms with Crippen molar-refractivity contribution >= 4 is 27.1 Å². The number of hydrogen-bond donors (Lipinski definition) is 1. The zero-order chi connectivity index (χ0) is 21.6. The summed E-state index contributed by atoms with van der Waals surface area (Å²) in [6, 6.07) is 13.1. The number of rotatable bonds is 9. The summed E-state index contributed by atoms with van der Waals surface area (Å²) in [7, 11) is -3.60. The van der Waals surface area contributed by atoms with E-state index in [0.29, 0.717) is 11.5 Å². The van der Waals surface area contributed by atoms with Crippen LogP contribution in [0, 0.1) is 5.92 Å². The van der Waals surface area contributed by atoms with Gasteiger partial charge in [0, 0.05) is 24.1 Å². The maximum atomic E-state index is 12.8. The van der Waals surface area contributed by atoms with E-state index >= 15 is 0 Å². The molecule has 2 rings (SSSR count). The van der Waals surface area contributed by atoms with E-state index in [2.05, 4.69) is 18.6 Å². The summed E-state index contributed by atoms with van der Waals surface area (Å²) in [5.74, 6) is -1.31. The molecular weight excluding hydrogens is 414 g/mol. The lowest BCUT2D eigenvalue weighted by molar-refractivity contribution is -0.136. The first-order valence-electron chi connectivity index (χ1n) is 9.00. The molecule has 2 aromatic carbocycles. The Morgan fingerprint density at radius 1 is 1.14 bits per heavy atom. The molecule has 0 saturated heterocycles. The van der Waals surface area contributed by atoms with Gasteiger partial charge in [0.25, 0.3) is 0 Å². The maximum absolute atomic E-state index is 12.8. The summed E-state index contributed by atoms with van der Waals surface area (Å²) in [6.45, 7) is 3.99. The van der Waals surface area contributed by atoms with E-state index < -0.39 is 33.0 Å². The van der Waals surface area contributed by atoms with Crippen LogP contribution in [0.15, 0.2) is 53.4 Å². The number of para-hydroxylation sites is 1. The van der Waals surface area contributed by atoms with Gasteiger partial charge in [-0.2, -0.15) is 0 Å². The zero-order valence-electron chi connectivity index (χ0n) is 16.5. The molecule has 1 N–H and O–H groups in total. The number of ether oxygens (including phenoxy) is 1. The van der Waals surface area contributed by atoms with Crippen molar-refractivity contribution in [1.82, 2.24) is 4.72 Å². The van der Waals surface area contributed by atoms with E-state index in [0.717, 1.165) is 18.2 Å². The van der Waals surface area contributed by atoms with Crippen molar-refractivity contribution in [2.75, 3.05) is 12.8 Å². The topological polar surface area (TPSA) is 113 Å². The molecule has 0 heterocycles. The number of nitrogens with one attached hydrogen (secondary N) is 1. The van der Waals surface area contributed by atoms with Crippen LogP contribution < -0.4 is 9.46 Å². The van der Waals surface area contributed by atoms with Crippen LogP contribution in [-0.4, -0.2) is 35.9 Å². The van der Waals surface area contributed by atoms with Crippen LogP contribution in [0.5, 0.6) is 5.75 Å². The molecule has 2 unspecified atom stereocenters. The highest BCUT2D eigenvalue weighted by atomic mass is 32.2. The van der Waals surface area contributed by atoms with E-state index in [4.69, 9.17) is 4.74 Å². The number of benzene rings is 2. The van der Waals surface area contributed by atoms with Gasteiger partial charge in [0.15, 0.2) is 9.84 Å². The van der Waals surface area contributed by atoms with E-state index in [1.807, 2.05) is 12.1 Å². The van der Waals surface area contributed by atoms with Gasteiger partial charge in [-0.25, -0.2) is 13.1 Å². The Kier molecular flexibility index (Phi) is 8.09. The van der Waals surface area contributed by atoms with Crippen LogP contribution >= 0.6 is 0 Å². The molecule has 29 heavy (non-hydrogen) atoms. The Labute approximate surface area is 173 Å². The summed E-state index contributed by atoms with van der Waals surface area (Å²) in [5.41, 5.74) is 1.66. The fourth-order valence-electron chi connectivity index (χ4n) is 2.87. The van der Waals surface area contributed by atoms with Gasteiger partial charge >= 0.3 is 5.97 Å². The van der Waals surface area contributed by atoms with Gasteiger partial charge in [0.2, 0.25) is 0 Å². The summed E-state index contributed by atoms with van der Waals surface area (Å²) >= 11 is -2.56. The Morgan fingerprint density at radius 3 is 2.31 bits per heavy atom. The summed E-state index contributed by atoms with van der Waals surface area (Å²) < 4.78 is 53.3. The predicted octanol–water partition coefficient (Wildman–Crippen LogP) is 2.36. The smallest absolute Gasteiger partial charge is 0.320 e. The number of carbonyl (C=O) groups excluding carboxylic acids is 1. The largest absolute Gasteiger partial charge is 0.760 e. The molecule has 0 aliphatic rings. The Hall–Kier alpha value is -2.07. The molecule has 0 aliphatic heterocycles. The fraction of sp³-hybridized carbons (Fsp3) is 0.350. The quantitative estimate of drug-likeness (QED) is 0.365. The summed E-state index contributed by atoms with van der Waals surface area (Å²) in [6.07, 6.45) is 1.90. The highest BCUT2D eigenvalue weighted by molar-refractivity contribution is 7.90. The van der Waals surface area contributed by atoms with Crippen LogP contribution in [0.4, 0.5) is 0 Å².